The predicted molar refractivity (Wildman–Crippen MR) is 77.8 cm³/mol. The van der Waals surface area contributed by atoms with Gasteiger partial charge in [0.1, 0.15) is 6.04 Å². The Hall–Kier alpha value is -2.77. The van der Waals surface area contributed by atoms with Crippen LogP contribution in [0.3, 0.4) is 0 Å². The second kappa shape index (κ2) is 6.99. The zero-order valence-electron chi connectivity index (χ0n) is 12.2. The number of carbonyl (C=O) groups is 2. The average Bonchev–Trinajstić information content (AvgIpc) is 2.89. The molecule has 2 aromatic rings. The zero-order valence-corrected chi connectivity index (χ0v) is 12.2. The van der Waals surface area contributed by atoms with E-state index in [0.29, 0.717) is 5.69 Å². The molecule has 0 aliphatic heterocycles. The molecule has 0 fully saturated rings. The number of halogens is 2. The van der Waals surface area contributed by atoms with Crippen LogP contribution in [0, 0.1) is 6.92 Å². The van der Waals surface area contributed by atoms with Crippen molar-refractivity contribution in [2.45, 2.75) is 25.8 Å². The van der Waals surface area contributed by atoms with Crippen LogP contribution in [-0.2, 0) is 4.79 Å². The number of alkyl halides is 2. The molecule has 23 heavy (non-hydrogen) atoms. The molecule has 1 unspecified atom stereocenters. The first-order valence-electron chi connectivity index (χ1n) is 6.82. The fourth-order valence-corrected chi connectivity index (χ4v) is 2.03. The van der Waals surface area contributed by atoms with Crippen LogP contribution in [0.2, 0.25) is 0 Å². The van der Waals surface area contributed by atoms with E-state index in [1.165, 1.54) is 10.9 Å². The number of nitrogens with zero attached hydrogens (tertiary/aromatic N) is 2. The Morgan fingerprint density at radius 3 is 2.52 bits per heavy atom. The zero-order chi connectivity index (χ0) is 17.0. The van der Waals surface area contributed by atoms with Crippen molar-refractivity contribution < 1.29 is 23.5 Å². The lowest BCUT2D eigenvalue weighted by atomic mass is 10.2. The molecule has 1 amide bonds. The number of benzene rings is 1. The quantitative estimate of drug-likeness (QED) is 0.852. The molecule has 0 aliphatic rings. The summed E-state index contributed by atoms with van der Waals surface area (Å²) in [6, 6.07) is 7.34. The Morgan fingerprint density at radius 1 is 1.30 bits per heavy atom. The van der Waals surface area contributed by atoms with E-state index in [1.54, 1.807) is 31.2 Å². The third kappa shape index (κ3) is 4.12. The van der Waals surface area contributed by atoms with E-state index in [1.807, 2.05) is 6.07 Å². The predicted octanol–water partition coefficient (Wildman–Crippen LogP) is 2.02. The number of aliphatic carboxylic acids is 1. The Labute approximate surface area is 130 Å². The van der Waals surface area contributed by atoms with Gasteiger partial charge in [-0.3, -0.25) is 4.79 Å². The molecule has 1 heterocycles. The summed E-state index contributed by atoms with van der Waals surface area (Å²) < 4.78 is 26.2. The van der Waals surface area contributed by atoms with Crippen LogP contribution in [0.25, 0.3) is 5.69 Å². The van der Waals surface area contributed by atoms with Gasteiger partial charge in [0.15, 0.2) is 0 Å². The maximum Gasteiger partial charge on any atom is 0.326 e. The van der Waals surface area contributed by atoms with Gasteiger partial charge in [0.25, 0.3) is 5.91 Å². The highest BCUT2D eigenvalue weighted by Crippen LogP contribution is 2.13. The van der Waals surface area contributed by atoms with E-state index >= 15 is 0 Å². The lowest BCUT2D eigenvalue weighted by molar-refractivity contribution is -0.140. The molecule has 1 aromatic heterocycles. The van der Waals surface area contributed by atoms with E-state index in [9.17, 15) is 18.4 Å². The summed E-state index contributed by atoms with van der Waals surface area (Å²) in [4.78, 5) is 23.1. The third-order valence-corrected chi connectivity index (χ3v) is 3.18. The molecule has 0 spiro atoms. The number of carboxylic acids is 1. The number of amides is 1. The van der Waals surface area contributed by atoms with Crippen molar-refractivity contribution in [3.05, 3.63) is 47.8 Å². The van der Waals surface area contributed by atoms with Gasteiger partial charge in [-0.2, -0.15) is 5.10 Å². The fraction of sp³-hybridized carbons (Fsp3) is 0.267. The number of aryl methyl sites for hydroxylation is 1. The van der Waals surface area contributed by atoms with Gasteiger partial charge in [-0.1, -0.05) is 18.2 Å². The maximum absolute atomic E-state index is 12.4. The summed E-state index contributed by atoms with van der Waals surface area (Å²) in [5, 5.41) is 15.2. The summed E-state index contributed by atoms with van der Waals surface area (Å²) in [7, 11) is 0. The van der Waals surface area contributed by atoms with Crippen molar-refractivity contribution in [2.75, 3.05) is 0 Å². The largest absolute Gasteiger partial charge is 0.480 e. The highest BCUT2D eigenvalue weighted by molar-refractivity contribution is 5.97. The SMILES string of the molecule is Cc1nn(-c2ccccc2)cc1C(=O)NC(CC(F)F)C(=O)O. The molecule has 1 aromatic carbocycles. The highest BCUT2D eigenvalue weighted by atomic mass is 19.3. The van der Waals surface area contributed by atoms with E-state index in [2.05, 4.69) is 10.4 Å². The molecule has 2 rings (SSSR count). The monoisotopic (exact) mass is 323 g/mol. The third-order valence-electron chi connectivity index (χ3n) is 3.18. The van der Waals surface area contributed by atoms with Crippen molar-refractivity contribution >= 4 is 11.9 Å². The summed E-state index contributed by atoms with van der Waals surface area (Å²) in [6.07, 6.45) is -2.35. The van der Waals surface area contributed by atoms with Crippen molar-refractivity contribution in [3.63, 3.8) is 0 Å². The highest BCUT2D eigenvalue weighted by Gasteiger charge is 2.26. The van der Waals surface area contributed by atoms with Gasteiger partial charge in [0, 0.05) is 12.6 Å². The van der Waals surface area contributed by atoms with Gasteiger partial charge in [0.2, 0.25) is 6.43 Å². The van der Waals surface area contributed by atoms with Crippen molar-refractivity contribution in [1.29, 1.82) is 0 Å². The minimum absolute atomic E-state index is 0.134. The molecule has 0 saturated carbocycles. The smallest absolute Gasteiger partial charge is 0.326 e. The lowest BCUT2D eigenvalue weighted by Gasteiger charge is -2.13. The first kappa shape index (κ1) is 16.6. The number of carboxylic acid groups (broad SMARTS) is 1. The number of nitrogens with one attached hydrogen (secondary N) is 1. The lowest BCUT2D eigenvalue weighted by Crippen LogP contribution is -2.42. The van der Waals surface area contributed by atoms with Gasteiger partial charge < -0.3 is 10.4 Å². The molecule has 0 saturated heterocycles. The van der Waals surface area contributed by atoms with Gasteiger partial charge >= 0.3 is 5.97 Å². The molecular formula is C15H15F2N3O3. The van der Waals surface area contributed by atoms with Crippen molar-refractivity contribution in [1.82, 2.24) is 15.1 Å². The molecule has 6 nitrogen and oxygen atoms in total. The van der Waals surface area contributed by atoms with Crippen LogP contribution in [0.15, 0.2) is 36.5 Å². The maximum atomic E-state index is 12.4. The Kier molecular flexibility index (Phi) is 5.05. The second-order valence-electron chi connectivity index (χ2n) is 4.90. The minimum atomic E-state index is -2.83. The summed E-state index contributed by atoms with van der Waals surface area (Å²) >= 11 is 0. The number of aromatic nitrogens is 2. The van der Waals surface area contributed by atoms with Crippen LogP contribution in [0.1, 0.15) is 22.5 Å². The molecule has 0 aliphatic carbocycles. The van der Waals surface area contributed by atoms with Gasteiger partial charge in [-0.05, 0) is 19.1 Å². The molecule has 0 radical (unpaired) electrons. The van der Waals surface area contributed by atoms with Crippen molar-refractivity contribution in [3.8, 4) is 5.69 Å². The number of hydrogen-bond acceptors (Lipinski definition) is 3. The molecule has 8 heteroatoms. The van der Waals surface area contributed by atoms with Crippen LogP contribution in [-0.4, -0.2) is 39.2 Å². The standard InChI is InChI=1S/C15H15F2N3O3/c1-9-11(8-20(19-9)10-5-3-2-4-6-10)14(21)18-12(15(22)23)7-13(16)17/h2-6,8,12-13H,7H2,1H3,(H,18,21)(H,22,23). The second-order valence-corrected chi connectivity index (χ2v) is 4.90. The number of para-hydroxylation sites is 1. The minimum Gasteiger partial charge on any atom is -0.480 e. The van der Waals surface area contributed by atoms with Crippen LogP contribution >= 0.6 is 0 Å². The van der Waals surface area contributed by atoms with E-state index < -0.39 is 30.8 Å². The fourth-order valence-electron chi connectivity index (χ4n) is 2.03. The normalized spacial score (nSPS) is 12.2. The van der Waals surface area contributed by atoms with E-state index in [4.69, 9.17) is 5.11 Å². The first-order valence-corrected chi connectivity index (χ1v) is 6.82. The molecule has 2 N–H and O–H groups in total. The van der Waals surface area contributed by atoms with Gasteiger partial charge in [0.05, 0.1) is 16.9 Å². The average molecular weight is 323 g/mol. The number of carbonyl (C=O) groups excluding carboxylic acids is 1. The van der Waals surface area contributed by atoms with E-state index in [0.717, 1.165) is 5.69 Å². The summed E-state index contributed by atoms with van der Waals surface area (Å²) in [6.45, 7) is 1.58. The first-order chi connectivity index (χ1) is 10.9. The number of rotatable bonds is 6. The Bertz CT molecular complexity index is 701. The number of hydrogen-bond donors (Lipinski definition) is 2. The molecule has 122 valence electrons. The topological polar surface area (TPSA) is 84.2 Å². The van der Waals surface area contributed by atoms with Gasteiger partial charge in [-0.25, -0.2) is 18.3 Å². The van der Waals surface area contributed by atoms with Crippen LogP contribution in [0.5, 0.6) is 0 Å². The van der Waals surface area contributed by atoms with Crippen LogP contribution in [0.4, 0.5) is 8.78 Å². The Balaban J connectivity index is 2.19. The van der Waals surface area contributed by atoms with Crippen molar-refractivity contribution in [2.24, 2.45) is 0 Å². The Morgan fingerprint density at radius 2 is 1.96 bits per heavy atom. The summed E-state index contributed by atoms with van der Waals surface area (Å²) in [5.74, 6) is -2.26. The molecule has 0 bridgehead atoms. The van der Waals surface area contributed by atoms with Crippen LogP contribution < -0.4 is 5.32 Å². The summed E-state index contributed by atoms with van der Waals surface area (Å²) in [5.41, 5.74) is 1.22. The van der Waals surface area contributed by atoms with Gasteiger partial charge in [-0.15, -0.1) is 0 Å². The molecular weight excluding hydrogens is 308 g/mol. The molecule has 1 atom stereocenters. The van der Waals surface area contributed by atoms with E-state index in [-0.39, 0.29) is 5.56 Å².